The molecule has 0 aliphatic carbocycles. The normalized spacial score (nSPS) is 20.4. The summed E-state index contributed by atoms with van der Waals surface area (Å²) in [7, 11) is 0. The molecule has 2 atom stereocenters. The number of ether oxygens (including phenoxy) is 1. The number of hydrogen-bond donors (Lipinski definition) is 2. The molecule has 0 bridgehead atoms. The number of nitrogens with two attached hydrogens (primary N) is 2. The van der Waals surface area contributed by atoms with Gasteiger partial charge in [0.05, 0.1) is 0 Å². The number of primary amides is 1. The molecule has 122 valence electrons. The lowest BCUT2D eigenvalue weighted by molar-refractivity contribution is -0.119. The van der Waals surface area contributed by atoms with E-state index in [1.807, 2.05) is 11.8 Å². The molecule has 1 saturated heterocycles. The highest BCUT2D eigenvalue weighted by Gasteiger charge is 2.31. The predicted molar refractivity (Wildman–Crippen MR) is 86.0 cm³/mol. The third kappa shape index (κ3) is 4.35. The second-order valence-corrected chi connectivity index (χ2v) is 5.42. The first-order valence-corrected chi connectivity index (χ1v) is 7.03. The molecule has 22 heavy (non-hydrogen) atoms. The maximum Gasteiger partial charge on any atom is 0.255 e. The van der Waals surface area contributed by atoms with Crippen LogP contribution in [0.25, 0.3) is 0 Å². The van der Waals surface area contributed by atoms with Crippen LogP contribution in [0.1, 0.15) is 23.7 Å². The third-order valence-electron chi connectivity index (χ3n) is 3.74. The fourth-order valence-electron chi connectivity index (χ4n) is 2.61. The number of amides is 2. The van der Waals surface area contributed by atoms with Crippen LogP contribution in [0.3, 0.4) is 0 Å². The van der Waals surface area contributed by atoms with Crippen LogP contribution in [0.15, 0.2) is 24.3 Å². The summed E-state index contributed by atoms with van der Waals surface area (Å²) in [4.78, 5) is 25.0. The minimum Gasteiger partial charge on any atom is -0.484 e. The largest absolute Gasteiger partial charge is 0.484 e. The van der Waals surface area contributed by atoms with Gasteiger partial charge in [0.2, 0.25) is 0 Å². The molecule has 0 spiro atoms. The first kappa shape index (κ1) is 18.3. The molecule has 4 N–H and O–H groups in total. The Morgan fingerprint density at radius 3 is 2.45 bits per heavy atom. The maximum absolute atomic E-state index is 12.5. The van der Waals surface area contributed by atoms with E-state index in [0.29, 0.717) is 30.3 Å². The Hall–Kier alpha value is -1.79. The van der Waals surface area contributed by atoms with E-state index >= 15 is 0 Å². The van der Waals surface area contributed by atoms with Gasteiger partial charge in [0.25, 0.3) is 11.8 Å². The summed E-state index contributed by atoms with van der Waals surface area (Å²) in [5.41, 5.74) is 11.3. The second kappa shape index (κ2) is 8.00. The summed E-state index contributed by atoms with van der Waals surface area (Å²) in [5.74, 6) is 0.357. The monoisotopic (exact) mass is 327 g/mol. The van der Waals surface area contributed by atoms with Gasteiger partial charge < -0.3 is 21.1 Å². The van der Waals surface area contributed by atoms with Gasteiger partial charge in [-0.15, -0.1) is 12.4 Å². The highest BCUT2D eigenvalue weighted by Crippen LogP contribution is 2.24. The van der Waals surface area contributed by atoms with Gasteiger partial charge in [-0.3, -0.25) is 9.59 Å². The Bertz CT molecular complexity index is 521. The van der Waals surface area contributed by atoms with Gasteiger partial charge in [-0.05, 0) is 50.1 Å². The number of nitrogens with zero attached hydrogens (tertiary/aromatic N) is 1. The minimum absolute atomic E-state index is 0. The molecule has 1 aliphatic heterocycles. The van der Waals surface area contributed by atoms with Crippen molar-refractivity contribution in [2.24, 2.45) is 17.4 Å². The third-order valence-corrected chi connectivity index (χ3v) is 3.74. The first-order chi connectivity index (χ1) is 10.0. The zero-order valence-corrected chi connectivity index (χ0v) is 13.3. The van der Waals surface area contributed by atoms with Crippen molar-refractivity contribution in [2.45, 2.75) is 19.4 Å². The van der Waals surface area contributed by atoms with Crippen LogP contribution in [0, 0.1) is 5.92 Å². The van der Waals surface area contributed by atoms with Crippen molar-refractivity contribution in [1.82, 2.24) is 4.90 Å². The Kier molecular flexibility index (Phi) is 6.64. The molecule has 1 fully saturated rings. The fraction of sp³-hybridized carbons (Fsp3) is 0.467. The van der Waals surface area contributed by atoms with Crippen LogP contribution in [0.5, 0.6) is 5.75 Å². The highest BCUT2D eigenvalue weighted by atomic mass is 35.5. The molecule has 1 aromatic rings. The van der Waals surface area contributed by atoms with Crippen molar-refractivity contribution < 1.29 is 14.3 Å². The molecule has 2 amide bonds. The van der Waals surface area contributed by atoms with Gasteiger partial charge in [0.15, 0.2) is 6.61 Å². The predicted octanol–water partition coefficient (Wildman–Crippen LogP) is 0.782. The lowest BCUT2D eigenvalue weighted by atomic mass is 10.1. The molecular weight excluding hydrogens is 306 g/mol. The van der Waals surface area contributed by atoms with Crippen LogP contribution in [-0.4, -0.2) is 42.5 Å². The maximum atomic E-state index is 12.5. The SMILES string of the molecule is CC1CC(CN)CN1C(=O)c1ccc(OCC(N)=O)cc1.Cl. The van der Waals surface area contributed by atoms with E-state index in [2.05, 4.69) is 0 Å². The Balaban J connectivity index is 0.00000242. The van der Waals surface area contributed by atoms with E-state index in [9.17, 15) is 9.59 Å². The van der Waals surface area contributed by atoms with E-state index in [-0.39, 0.29) is 31.0 Å². The molecule has 0 radical (unpaired) electrons. The number of hydrogen-bond acceptors (Lipinski definition) is 4. The van der Waals surface area contributed by atoms with E-state index in [1.54, 1.807) is 24.3 Å². The Morgan fingerprint density at radius 2 is 1.95 bits per heavy atom. The zero-order chi connectivity index (χ0) is 15.4. The molecule has 1 aliphatic rings. The molecule has 7 heteroatoms. The molecule has 6 nitrogen and oxygen atoms in total. The van der Waals surface area contributed by atoms with Gasteiger partial charge >= 0.3 is 0 Å². The summed E-state index contributed by atoms with van der Waals surface area (Å²) in [6, 6.07) is 6.92. The number of likely N-dealkylation sites (tertiary alicyclic amines) is 1. The lowest BCUT2D eigenvalue weighted by Gasteiger charge is -2.21. The summed E-state index contributed by atoms with van der Waals surface area (Å²) in [6.07, 6.45) is 0.946. The fourth-order valence-corrected chi connectivity index (χ4v) is 2.61. The summed E-state index contributed by atoms with van der Waals surface area (Å²) >= 11 is 0. The summed E-state index contributed by atoms with van der Waals surface area (Å²) < 4.78 is 5.17. The van der Waals surface area contributed by atoms with Gasteiger partial charge in [-0.25, -0.2) is 0 Å². The number of benzene rings is 1. The molecule has 0 saturated carbocycles. The van der Waals surface area contributed by atoms with E-state index in [0.717, 1.165) is 6.42 Å². The highest BCUT2D eigenvalue weighted by molar-refractivity contribution is 5.94. The minimum atomic E-state index is -0.533. The van der Waals surface area contributed by atoms with Crippen molar-refractivity contribution in [3.8, 4) is 5.75 Å². The summed E-state index contributed by atoms with van der Waals surface area (Å²) in [6.45, 7) is 3.18. The van der Waals surface area contributed by atoms with Gasteiger partial charge in [-0.1, -0.05) is 0 Å². The van der Waals surface area contributed by atoms with Crippen LogP contribution in [0.4, 0.5) is 0 Å². The van der Waals surface area contributed by atoms with Crippen molar-refractivity contribution in [2.75, 3.05) is 19.7 Å². The topological polar surface area (TPSA) is 98.7 Å². The number of halogens is 1. The Labute approximate surface area is 136 Å². The van der Waals surface area contributed by atoms with Crippen LogP contribution in [-0.2, 0) is 4.79 Å². The molecule has 2 rings (SSSR count). The van der Waals surface area contributed by atoms with Crippen LogP contribution >= 0.6 is 12.4 Å². The van der Waals surface area contributed by atoms with Gasteiger partial charge in [0.1, 0.15) is 5.75 Å². The quantitative estimate of drug-likeness (QED) is 0.835. The standard InChI is InChI=1S/C15H21N3O3.ClH/c1-10-6-11(7-16)8-18(10)15(20)12-2-4-13(5-3-12)21-9-14(17)19;/h2-5,10-11H,6-9,16H2,1H3,(H2,17,19);1H. The van der Waals surface area contributed by atoms with Crippen molar-refractivity contribution >= 4 is 24.2 Å². The average Bonchev–Trinajstić information content (AvgIpc) is 2.86. The molecule has 1 heterocycles. The number of rotatable bonds is 5. The van der Waals surface area contributed by atoms with Crippen molar-refractivity contribution in [3.63, 3.8) is 0 Å². The smallest absolute Gasteiger partial charge is 0.255 e. The number of carbonyl (C=O) groups excluding carboxylic acids is 2. The van der Waals surface area contributed by atoms with Crippen molar-refractivity contribution in [1.29, 1.82) is 0 Å². The first-order valence-electron chi connectivity index (χ1n) is 7.03. The van der Waals surface area contributed by atoms with Crippen LogP contribution in [0.2, 0.25) is 0 Å². The molecule has 0 aromatic heterocycles. The average molecular weight is 328 g/mol. The summed E-state index contributed by atoms with van der Waals surface area (Å²) in [5, 5.41) is 0. The number of carbonyl (C=O) groups is 2. The van der Waals surface area contributed by atoms with E-state index < -0.39 is 5.91 Å². The zero-order valence-electron chi connectivity index (χ0n) is 12.5. The van der Waals surface area contributed by atoms with Gasteiger partial charge in [0, 0.05) is 18.2 Å². The molecule has 2 unspecified atom stereocenters. The Morgan fingerprint density at radius 1 is 1.32 bits per heavy atom. The van der Waals surface area contributed by atoms with Gasteiger partial charge in [-0.2, -0.15) is 0 Å². The van der Waals surface area contributed by atoms with E-state index in [4.69, 9.17) is 16.2 Å². The second-order valence-electron chi connectivity index (χ2n) is 5.42. The van der Waals surface area contributed by atoms with E-state index in [1.165, 1.54) is 0 Å². The van der Waals surface area contributed by atoms with Crippen molar-refractivity contribution in [3.05, 3.63) is 29.8 Å². The van der Waals surface area contributed by atoms with Crippen LogP contribution < -0.4 is 16.2 Å². The molecule has 1 aromatic carbocycles. The lowest BCUT2D eigenvalue weighted by Crippen LogP contribution is -2.34. The molecular formula is C15H22ClN3O3.